The molecule has 0 N–H and O–H groups in total. The summed E-state index contributed by atoms with van der Waals surface area (Å²) in [5, 5.41) is 0. The summed E-state index contributed by atoms with van der Waals surface area (Å²) in [4.78, 5) is 0. The van der Waals surface area contributed by atoms with Crippen LogP contribution in [0.4, 0.5) is 0 Å². The van der Waals surface area contributed by atoms with Gasteiger partial charge in [-0.05, 0) is 31.9 Å². The van der Waals surface area contributed by atoms with Gasteiger partial charge < -0.3 is 18.9 Å². The van der Waals surface area contributed by atoms with Crippen molar-refractivity contribution in [1.82, 2.24) is 0 Å². The first-order valence-corrected chi connectivity index (χ1v) is 11.4. The SMILES string of the molecule is CCCCOC1C(OCCCC)[C@@H](SCC)OC(C)[C@H]1OCCCC. The molecular formula is C20H40O4S. The van der Waals surface area contributed by atoms with E-state index in [0.29, 0.717) is 0 Å². The molecule has 0 spiro atoms. The van der Waals surface area contributed by atoms with Crippen LogP contribution in [-0.2, 0) is 18.9 Å². The molecule has 3 unspecified atom stereocenters. The average Bonchev–Trinajstić information content (AvgIpc) is 2.60. The van der Waals surface area contributed by atoms with Crippen molar-refractivity contribution in [1.29, 1.82) is 0 Å². The summed E-state index contributed by atoms with van der Waals surface area (Å²) >= 11 is 1.81. The van der Waals surface area contributed by atoms with E-state index in [1.807, 2.05) is 11.8 Å². The van der Waals surface area contributed by atoms with Crippen LogP contribution in [0.25, 0.3) is 0 Å². The minimum Gasteiger partial charge on any atom is -0.373 e. The van der Waals surface area contributed by atoms with Crippen LogP contribution in [0, 0.1) is 0 Å². The van der Waals surface area contributed by atoms with E-state index in [-0.39, 0.29) is 29.9 Å². The summed E-state index contributed by atoms with van der Waals surface area (Å²) in [6.45, 7) is 13.1. The lowest BCUT2D eigenvalue weighted by Crippen LogP contribution is -2.58. The normalized spacial score (nSPS) is 29.9. The third-order valence-corrected chi connectivity index (χ3v) is 5.52. The molecule has 0 aliphatic carbocycles. The Bertz CT molecular complexity index is 316. The van der Waals surface area contributed by atoms with Gasteiger partial charge in [0.05, 0.1) is 6.10 Å². The molecule has 25 heavy (non-hydrogen) atoms. The van der Waals surface area contributed by atoms with Gasteiger partial charge in [0.15, 0.2) is 0 Å². The van der Waals surface area contributed by atoms with Crippen LogP contribution < -0.4 is 0 Å². The Labute approximate surface area is 159 Å². The quantitative estimate of drug-likeness (QED) is 0.397. The lowest BCUT2D eigenvalue weighted by Gasteiger charge is -2.45. The third-order valence-electron chi connectivity index (χ3n) is 4.48. The molecule has 0 amide bonds. The second kappa shape index (κ2) is 14.3. The van der Waals surface area contributed by atoms with E-state index in [0.717, 1.165) is 64.1 Å². The third kappa shape index (κ3) is 8.17. The first kappa shape index (κ1) is 23.2. The van der Waals surface area contributed by atoms with E-state index < -0.39 is 0 Å². The minimum atomic E-state index is -0.0591. The molecule has 4 nitrogen and oxygen atoms in total. The van der Waals surface area contributed by atoms with Gasteiger partial charge >= 0.3 is 0 Å². The van der Waals surface area contributed by atoms with Gasteiger partial charge in [0.25, 0.3) is 0 Å². The van der Waals surface area contributed by atoms with Gasteiger partial charge in [-0.25, -0.2) is 0 Å². The zero-order valence-corrected chi connectivity index (χ0v) is 17.8. The lowest BCUT2D eigenvalue weighted by molar-refractivity contribution is -0.235. The maximum absolute atomic E-state index is 6.31. The summed E-state index contributed by atoms with van der Waals surface area (Å²) in [6, 6.07) is 0. The molecule has 1 aliphatic rings. The fourth-order valence-electron chi connectivity index (χ4n) is 2.96. The van der Waals surface area contributed by atoms with E-state index in [1.165, 1.54) is 0 Å². The van der Waals surface area contributed by atoms with Gasteiger partial charge in [0.1, 0.15) is 23.7 Å². The molecule has 0 bridgehead atoms. The van der Waals surface area contributed by atoms with Crippen molar-refractivity contribution in [2.75, 3.05) is 25.6 Å². The van der Waals surface area contributed by atoms with Crippen molar-refractivity contribution in [3.05, 3.63) is 0 Å². The molecule has 0 radical (unpaired) electrons. The van der Waals surface area contributed by atoms with Crippen LogP contribution in [-0.4, -0.2) is 55.4 Å². The van der Waals surface area contributed by atoms with Crippen LogP contribution in [0.5, 0.6) is 0 Å². The van der Waals surface area contributed by atoms with E-state index in [4.69, 9.17) is 18.9 Å². The predicted molar refractivity (Wildman–Crippen MR) is 106 cm³/mol. The van der Waals surface area contributed by atoms with Gasteiger partial charge in [-0.1, -0.05) is 47.0 Å². The molecular weight excluding hydrogens is 336 g/mol. The molecule has 1 fully saturated rings. The van der Waals surface area contributed by atoms with Gasteiger partial charge in [0.2, 0.25) is 0 Å². The standard InChI is InChI=1S/C20H40O4S/c1-6-10-13-21-17-16(5)24-20(25-9-4)19(23-15-12-8-3)18(17)22-14-11-7-2/h16-20H,6-15H2,1-5H3/t16?,17-,18?,19?,20-/m1/s1. The first-order valence-electron chi connectivity index (χ1n) is 10.3. The highest BCUT2D eigenvalue weighted by atomic mass is 32.2. The van der Waals surface area contributed by atoms with Gasteiger partial charge in [-0.3, -0.25) is 0 Å². The van der Waals surface area contributed by atoms with Gasteiger partial charge in [-0.15, -0.1) is 11.8 Å². The summed E-state index contributed by atoms with van der Waals surface area (Å²) in [5.41, 5.74) is 0.0227. The van der Waals surface area contributed by atoms with E-state index in [1.54, 1.807) is 0 Å². The van der Waals surface area contributed by atoms with Crippen molar-refractivity contribution in [3.8, 4) is 0 Å². The zero-order chi connectivity index (χ0) is 18.5. The maximum atomic E-state index is 6.31. The largest absolute Gasteiger partial charge is 0.373 e. The second-order valence-electron chi connectivity index (χ2n) is 6.73. The number of hydrogen-bond donors (Lipinski definition) is 0. The fourth-order valence-corrected chi connectivity index (χ4v) is 3.96. The van der Waals surface area contributed by atoms with Crippen molar-refractivity contribution >= 4 is 11.8 Å². The molecule has 0 aromatic rings. The van der Waals surface area contributed by atoms with E-state index in [2.05, 4.69) is 34.6 Å². The second-order valence-corrected chi connectivity index (χ2v) is 8.11. The number of unbranched alkanes of at least 4 members (excludes halogenated alkanes) is 3. The molecule has 1 heterocycles. The number of hydrogen-bond acceptors (Lipinski definition) is 5. The van der Waals surface area contributed by atoms with Crippen LogP contribution in [0.2, 0.25) is 0 Å². The highest BCUT2D eigenvalue weighted by molar-refractivity contribution is 7.99. The molecule has 5 atom stereocenters. The average molecular weight is 377 g/mol. The molecule has 0 saturated carbocycles. The summed E-state index contributed by atoms with van der Waals surface area (Å²) < 4.78 is 25.1. The molecule has 150 valence electrons. The highest BCUT2D eigenvalue weighted by Crippen LogP contribution is 2.33. The molecule has 1 rings (SSSR count). The Hall–Kier alpha value is 0.190. The zero-order valence-electron chi connectivity index (χ0n) is 17.0. The van der Waals surface area contributed by atoms with Crippen LogP contribution >= 0.6 is 11.8 Å². The summed E-state index contributed by atoms with van der Waals surface area (Å²) in [6.07, 6.45) is 6.47. The van der Waals surface area contributed by atoms with Gasteiger partial charge in [0, 0.05) is 19.8 Å². The fraction of sp³-hybridized carbons (Fsp3) is 1.00. The molecule has 1 saturated heterocycles. The predicted octanol–water partition coefficient (Wildman–Crippen LogP) is 5.04. The highest BCUT2D eigenvalue weighted by Gasteiger charge is 2.46. The topological polar surface area (TPSA) is 36.9 Å². The monoisotopic (exact) mass is 376 g/mol. The molecule has 1 aliphatic heterocycles. The smallest absolute Gasteiger partial charge is 0.132 e. The van der Waals surface area contributed by atoms with Crippen LogP contribution in [0.1, 0.15) is 73.1 Å². The Balaban J connectivity index is 2.84. The number of thioether (sulfide) groups is 1. The number of rotatable bonds is 14. The van der Waals surface area contributed by atoms with Crippen LogP contribution in [0.15, 0.2) is 0 Å². The van der Waals surface area contributed by atoms with E-state index >= 15 is 0 Å². The summed E-state index contributed by atoms with van der Waals surface area (Å²) in [7, 11) is 0. The Morgan fingerprint density at radius 2 is 1.20 bits per heavy atom. The molecule has 0 aromatic heterocycles. The minimum absolute atomic E-state index is 0.0227. The number of ether oxygens (including phenoxy) is 4. The van der Waals surface area contributed by atoms with Crippen LogP contribution in [0.3, 0.4) is 0 Å². The van der Waals surface area contributed by atoms with E-state index in [9.17, 15) is 0 Å². The Morgan fingerprint density at radius 1 is 0.720 bits per heavy atom. The maximum Gasteiger partial charge on any atom is 0.132 e. The molecule has 5 heteroatoms. The van der Waals surface area contributed by atoms with Gasteiger partial charge in [-0.2, -0.15) is 0 Å². The Morgan fingerprint density at radius 3 is 1.68 bits per heavy atom. The summed E-state index contributed by atoms with van der Waals surface area (Å²) in [5.74, 6) is 1.01. The van der Waals surface area contributed by atoms with Crippen molar-refractivity contribution in [2.24, 2.45) is 0 Å². The van der Waals surface area contributed by atoms with Crippen molar-refractivity contribution in [3.63, 3.8) is 0 Å². The first-order chi connectivity index (χ1) is 12.2. The molecule has 0 aromatic carbocycles. The van der Waals surface area contributed by atoms with Crippen molar-refractivity contribution in [2.45, 2.75) is 103 Å². The lowest BCUT2D eigenvalue weighted by atomic mass is 10.00. The van der Waals surface area contributed by atoms with Crippen molar-refractivity contribution < 1.29 is 18.9 Å². The Kier molecular flexibility index (Phi) is 13.3.